The van der Waals surface area contributed by atoms with Gasteiger partial charge in [0.05, 0.1) is 0 Å². The Kier molecular flexibility index (Phi) is 3.66. The number of carbonyl (C=O) groups is 2. The molecule has 0 aromatic carbocycles. The molecule has 1 aromatic rings. The van der Waals surface area contributed by atoms with E-state index in [0.717, 1.165) is 19.5 Å². The summed E-state index contributed by atoms with van der Waals surface area (Å²) in [6.07, 6.45) is 8.74. The summed E-state index contributed by atoms with van der Waals surface area (Å²) in [6, 6.07) is 2.97. The number of carboxylic acid groups (broad SMARTS) is 1. The minimum atomic E-state index is -1.10. The number of aromatic nitrogens is 1. The first-order valence-electron chi connectivity index (χ1n) is 7.58. The minimum absolute atomic E-state index is 0.0673. The summed E-state index contributed by atoms with van der Waals surface area (Å²) in [5.41, 5.74) is 0.666. The molecule has 0 atom stereocenters. The van der Waals surface area contributed by atoms with Gasteiger partial charge in [0, 0.05) is 24.8 Å². The summed E-state index contributed by atoms with van der Waals surface area (Å²) in [6.45, 7) is 1.60. The number of pyridine rings is 1. The quantitative estimate of drug-likeness (QED) is 0.908. The third-order valence-electron chi connectivity index (χ3n) is 4.87. The summed E-state index contributed by atoms with van der Waals surface area (Å²) in [5, 5.41) is 8.97. The van der Waals surface area contributed by atoms with E-state index in [9.17, 15) is 9.59 Å². The van der Waals surface area contributed by atoms with Gasteiger partial charge in [-0.15, -0.1) is 0 Å². The van der Waals surface area contributed by atoms with Crippen molar-refractivity contribution in [2.45, 2.75) is 38.5 Å². The molecule has 1 aliphatic carbocycles. The third kappa shape index (κ3) is 2.77. The number of hydrogen-bond acceptors (Lipinski definition) is 3. The van der Waals surface area contributed by atoms with Gasteiger partial charge in [-0.25, -0.2) is 9.78 Å². The molecule has 112 valence electrons. The van der Waals surface area contributed by atoms with Crippen LogP contribution in [0.4, 0.5) is 0 Å². The van der Waals surface area contributed by atoms with E-state index in [0.29, 0.717) is 11.0 Å². The molecule has 1 amide bonds. The van der Waals surface area contributed by atoms with E-state index in [2.05, 4.69) is 4.98 Å². The number of rotatable bonds is 2. The van der Waals surface area contributed by atoms with Gasteiger partial charge in [0.15, 0.2) is 0 Å². The first kappa shape index (κ1) is 14.0. The van der Waals surface area contributed by atoms with E-state index in [1.165, 1.54) is 44.4 Å². The molecule has 1 saturated carbocycles. The van der Waals surface area contributed by atoms with Crippen LogP contribution in [0.5, 0.6) is 0 Å². The minimum Gasteiger partial charge on any atom is -0.477 e. The lowest BCUT2D eigenvalue weighted by Gasteiger charge is -2.33. The SMILES string of the molecule is O=C(O)c1cc(C(=O)N2CCC3(CCCCC3)C2)ccn1. The summed E-state index contributed by atoms with van der Waals surface area (Å²) in [4.78, 5) is 29.1. The number of carbonyl (C=O) groups excluding carboxylic acids is 1. The first-order chi connectivity index (χ1) is 10.1. The molecule has 1 spiro atoms. The van der Waals surface area contributed by atoms with E-state index in [-0.39, 0.29) is 11.6 Å². The van der Waals surface area contributed by atoms with Gasteiger partial charge in [-0.3, -0.25) is 4.79 Å². The van der Waals surface area contributed by atoms with Crippen LogP contribution in [0.25, 0.3) is 0 Å². The van der Waals surface area contributed by atoms with E-state index < -0.39 is 5.97 Å². The molecule has 0 radical (unpaired) electrons. The molecule has 1 aromatic heterocycles. The Labute approximate surface area is 124 Å². The average Bonchev–Trinajstić information content (AvgIpc) is 2.91. The number of amides is 1. The number of nitrogens with zero attached hydrogens (tertiary/aromatic N) is 2. The molecule has 1 saturated heterocycles. The van der Waals surface area contributed by atoms with Gasteiger partial charge in [-0.2, -0.15) is 0 Å². The smallest absolute Gasteiger partial charge is 0.354 e. The first-order valence-corrected chi connectivity index (χ1v) is 7.58. The average molecular weight is 288 g/mol. The van der Waals surface area contributed by atoms with Crippen molar-refractivity contribution >= 4 is 11.9 Å². The maximum Gasteiger partial charge on any atom is 0.354 e. The van der Waals surface area contributed by atoms with Gasteiger partial charge in [-0.1, -0.05) is 19.3 Å². The summed E-state index contributed by atoms with van der Waals surface area (Å²) in [5.74, 6) is -1.17. The van der Waals surface area contributed by atoms with Crippen molar-refractivity contribution in [2.75, 3.05) is 13.1 Å². The van der Waals surface area contributed by atoms with Crippen molar-refractivity contribution < 1.29 is 14.7 Å². The number of likely N-dealkylation sites (tertiary alicyclic amines) is 1. The maximum absolute atomic E-state index is 12.6. The molecule has 0 unspecified atom stereocenters. The Balaban J connectivity index is 1.74. The van der Waals surface area contributed by atoms with Gasteiger partial charge in [-0.05, 0) is 36.8 Å². The summed E-state index contributed by atoms with van der Waals surface area (Å²) < 4.78 is 0. The molecule has 2 aliphatic rings. The van der Waals surface area contributed by atoms with E-state index in [1.807, 2.05) is 4.90 Å². The molecular formula is C16H20N2O3. The molecule has 1 aliphatic heterocycles. The van der Waals surface area contributed by atoms with Crippen LogP contribution >= 0.6 is 0 Å². The largest absolute Gasteiger partial charge is 0.477 e. The van der Waals surface area contributed by atoms with Crippen LogP contribution in [-0.4, -0.2) is 40.0 Å². The van der Waals surface area contributed by atoms with Crippen LogP contribution in [0, 0.1) is 5.41 Å². The molecule has 1 N–H and O–H groups in total. The molecule has 21 heavy (non-hydrogen) atoms. The number of aromatic carboxylic acids is 1. The molecule has 5 heteroatoms. The van der Waals surface area contributed by atoms with E-state index >= 15 is 0 Å². The van der Waals surface area contributed by atoms with Crippen molar-refractivity contribution in [3.05, 3.63) is 29.6 Å². The van der Waals surface area contributed by atoms with Gasteiger partial charge in [0.25, 0.3) is 5.91 Å². The second-order valence-corrected chi connectivity index (χ2v) is 6.27. The predicted molar refractivity (Wildman–Crippen MR) is 77.2 cm³/mol. The summed E-state index contributed by atoms with van der Waals surface area (Å²) >= 11 is 0. The second kappa shape index (κ2) is 5.47. The van der Waals surface area contributed by atoms with Crippen LogP contribution in [0.15, 0.2) is 18.3 Å². The van der Waals surface area contributed by atoms with Crippen molar-refractivity contribution in [1.29, 1.82) is 0 Å². The Bertz CT molecular complexity index is 564. The van der Waals surface area contributed by atoms with E-state index in [1.54, 1.807) is 6.07 Å². The molecule has 3 rings (SSSR count). The Hall–Kier alpha value is -1.91. The highest BCUT2D eigenvalue weighted by molar-refractivity contribution is 5.96. The topological polar surface area (TPSA) is 70.5 Å². The maximum atomic E-state index is 12.6. The lowest BCUT2D eigenvalue weighted by Crippen LogP contribution is -2.33. The van der Waals surface area contributed by atoms with Crippen molar-refractivity contribution in [2.24, 2.45) is 5.41 Å². The van der Waals surface area contributed by atoms with Crippen LogP contribution < -0.4 is 0 Å². The Morgan fingerprint density at radius 2 is 1.95 bits per heavy atom. The van der Waals surface area contributed by atoms with Crippen LogP contribution in [0.2, 0.25) is 0 Å². The lowest BCUT2D eigenvalue weighted by atomic mass is 9.73. The zero-order chi connectivity index (χ0) is 14.9. The molecule has 2 heterocycles. The molecular weight excluding hydrogens is 268 g/mol. The molecule has 2 fully saturated rings. The summed E-state index contributed by atoms with van der Waals surface area (Å²) in [7, 11) is 0. The van der Waals surface area contributed by atoms with Crippen LogP contribution in [0.3, 0.4) is 0 Å². The van der Waals surface area contributed by atoms with Gasteiger partial charge >= 0.3 is 5.97 Å². The zero-order valence-electron chi connectivity index (χ0n) is 12.0. The number of hydrogen-bond donors (Lipinski definition) is 1. The lowest BCUT2D eigenvalue weighted by molar-refractivity contribution is 0.0690. The highest BCUT2D eigenvalue weighted by Gasteiger charge is 2.40. The monoisotopic (exact) mass is 288 g/mol. The van der Waals surface area contributed by atoms with Crippen molar-refractivity contribution in [3.63, 3.8) is 0 Å². The standard InChI is InChI=1S/C16H20N2O3/c19-14(12-4-8-17-13(10-12)15(20)21)18-9-7-16(11-18)5-2-1-3-6-16/h4,8,10H,1-3,5-7,9,11H2,(H,20,21). The molecule has 0 bridgehead atoms. The zero-order valence-corrected chi connectivity index (χ0v) is 12.0. The highest BCUT2D eigenvalue weighted by atomic mass is 16.4. The third-order valence-corrected chi connectivity index (χ3v) is 4.87. The predicted octanol–water partition coefficient (Wildman–Crippen LogP) is 2.58. The van der Waals surface area contributed by atoms with E-state index in [4.69, 9.17) is 5.11 Å². The van der Waals surface area contributed by atoms with Crippen molar-refractivity contribution in [1.82, 2.24) is 9.88 Å². The van der Waals surface area contributed by atoms with Gasteiger partial charge in [0.1, 0.15) is 5.69 Å². The Morgan fingerprint density at radius 1 is 1.19 bits per heavy atom. The van der Waals surface area contributed by atoms with Crippen molar-refractivity contribution in [3.8, 4) is 0 Å². The van der Waals surface area contributed by atoms with Gasteiger partial charge < -0.3 is 10.0 Å². The second-order valence-electron chi connectivity index (χ2n) is 6.27. The fraction of sp³-hybridized carbons (Fsp3) is 0.562. The van der Waals surface area contributed by atoms with Crippen LogP contribution in [-0.2, 0) is 0 Å². The van der Waals surface area contributed by atoms with Gasteiger partial charge in [0.2, 0.25) is 0 Å². The Morgan fingerprint density at radius 3 is 2.67 bits per heavy atom. The molecule has 5 nitrogen and oxygen atoms in total. The number of carboxylic acids is 1. The highest BCUT2D eigenvalue weighted by Crippen LogP contribution is 2.43. The normalized spacial score (nSPS) is 20.7. The fourth-order valence-electron chi connectivity index (χ4n) is 3.68. The fourth-order valence-corrected chi connectivity index (χ4v) is 3.68. The van der Waals surface area contributed by atoms with Crippen LogP contribution in [0.1, 0.15) is 59.4 Å².